The number of benzene rings is 1. The largest absolute Gasteiger partial charge is 0.392 e. The van der Waals surface area contributed by atoms with E-state index in [1.54, 1.807) is 0 Å². The van der Waals surface area contributed by atoms with Crippen molar-refractivity contribution < 1.29 is 5.11 Å². The van der Waals surface area contributed by atoms with E-state index >= 15 is 0 Å². The first-order valence-electron chi connectivity index (χ1n) is 5.55. The Morgan fingerprint density at radius 2 is 1.87 bits per heavy atom. The summed E-state index contributed by atoms with van der Waals surface area (Å²) in [7, 11) is 0. The van der Waals surface area contributed by atoms with E-state index in [-0.39, 0.29) is 6.61 Å². The second-order valence-corrected chi connectivity index (χ2v) is 4.49. The molecule has 0 unspecified atom stereocenters. The zero-order valence-corrected chi connectivity index (χ0v) is 10.0. The van der Waals surface area contributed by atoms with Gasteiger partial charge in [-0.05, 0) is 31.4 Å². The lowest BCUT2D eigenvalue weighted by molar-refractivity contribution is 0.280. The molecule has 0 amide bonds. The zero-order valence-electron chi connectivity index (χ0n) is 10.0. The molecule has 1 rings (SSSR count). The van der Waals surface area contributed by atoms with Gasteiger partial charge in [0.15, 0.2) is 0 Å². The molecule has 0 radical (unpaired) electrons. The van der Waals surface area contributed by atoms with Gasteiger partial charge in [0, 0.05) is 17.3 Å². The van der Waals surface area contributed by atoms with Gasteiger partial charge in [-0.1, -0.05) is 26.0 Å². The quantitative estimate of drug-likeness (QED) is 0.795. The summed E-state index contributed by atoms with van der Waals surface area (Å²) < 4.78 is 0. The van der Waals surface area contributed by atoms with E-state index in [1.165, 1.54) is 5.56 Å². The monoisotopic (exact) mass is 207 g/mol. The van der Waals surface area contributed by atoms with Crippen LogP contribution in [0.25, 0.3) is 0 Å². The standard InChI is InChI=1S/C13H21NO/c1-9(2)11-6-5-7-13(12(11)8-15)14-10(3)4/h5-7,9-10,14-15H,8H2,1-4H3. The lowest BCUT2D eigenvalue weighted by Gasteiger charge is -2.18. The van der Waals surface area contributed by atoms with Gasteiger partial charge in [-0.2, -0.15) is 0 Å². The van der Waals surface area contributed by atoms with Crippen molar-refractivity contribution in [1.82, 2.24) is 0 Å². The summed E-state index contributed by atoms with van der Waals surface area (Å²) in [5, 5.41) is 12.8. The van der Waals surface area contributed by atoms with Gasteiger partial charge in [-0.15, -0.1) is 0 Å². The van der Waals surface area contributed by atoms with E-state index in [1.807, 2.05) is 12.1 Å². The second kappa shape index (κ2) is 5.17. The van der Waals surface area contributed by atoms with E-state index in [9.17, 15) is 5.11 Å². The molecule has 0 spiro atoms. The zero-order chi connectivity index (χ0) is 11.4. The molecule has 0 aromatic heterocycles. The fourth-order valence-electron chi connectivity index (χ4n) is 1.77. The SMILES string of the molecule is CC(C)Nc1cccc(C(C)C)c1CO. The summed E-state index contributed by atoms with van der Waals surface area (Å²) in [6.07, 6.45) is 0. The van der Waals surface area contributed by atoms with Crippen molar-refractivity contribution in [3.05, 3.63) is 29.3 Å². The molecule has 0 heterocycles. The Morgan fingerprint density at radius 1 is 1.20 bits per heavy atom. The number of nitrogens with one attached hydrogen (secondary N) is 1. The Kier molecular flexibility index (Phi) is 4.15. The van der Waals surface area contributed by atoms with Gasteiger partial charge < -0.3 is 10.4 Å². The van der Waals surface area contributed by atoms with E-state index < -0.39 is 0 Å². The number of hydrogen-bond donors (Lipinski definition) is 2. The molecular weight excluding hydrogens is 186 g/mol. The maximum absolute atomic E-state index is 9.42. The molecule has 84 valence electrons. The van der Waals surface area contributed by atoms with E-state index in [0.29, 0.717) is 12.0 Å². The van der Waals surface area contributed by atoms with E-state index in [4.69, 9.17) is 0 Å². The Hall–Kier alpha value is -1.02. The molecular formula is C13H21NO. The van der Waals surface area contributed by atoms with Gasteiger partial charge >= 0.3 is 0 Å². The van der Waals surface area contributed by atoms with Crippen LogP contribution in [0.2, 0.25) is 0 Å². The highest BCUT2D eigenvalue weighted by atomic mass is 16.3. The van der Waals surface area contributed by atoms with Gasteiger partial charge in [0.05, 0.1) is 6.61 Å². The van der Waals surface area contributed by atoms with Crippen LogP contribution in [0.1, 0.15) is 44.7 Å². The van der Waals surface area contributed by atoms with Crippen LogP contribution in [0, 0.1) is 0 Å². The minimum atomic E-state index is 0.101. The third-order valence-electron chi connectivity index (χ3n) is 2.44. The third kappa shape index (κ3) is 2.96. The van der Waals surface area contributed by atoms with Crippen LogP contribution in [-0.2, 0) is 6.61 Å². The lowest BCUT2D eigenvalue weighted by Crippen LogP contribution is -2.12. The minimum absolute atomic E-state index is 0.101. The number of hydrogen-bond acceptors (Lipinski definition) is 2. The van der Waals surface area contributed by atoms with Crippen LogP contribution in [0.15, 0.2) is 18.2 Å². The van der Waals surface area contributed by atoms with Crippen LogP contribution in [0.3, 0.4) is 0 Å². The molecule has 0 aliphatic rings. The Bertz CT molecular complexity index is 318. The first-order chi connectivity index (χ1) is 7.06. The molecule has 15 heavy (non-hydrogen) atoms. The van der Waals surface area contributed by atoms with Crippen molar-refractivity contribution in [2.45, 2.75) is 46.3 Å². The van der Waals surface area contributed by atoms with E-state index in [2.05, 4.69) is 39.1 Å². The third-order valence-corrected chi connectivity index (χ3v) is 2.44. The molecule has 0 atom stereocenters. The molecule has 0 bridgehead atoms. The molecule has 2 nitrogen and oxygen atoms in total. The highest BCUT2D eigenvalue weighted by Gasteiger charge is 2.10. The summed E-state index contributed by atoms with van der Waals surface area (Å²) in [6.45, 7) is 8.59. The Balaban J connectivity index is 3.10. The van der Waals surface area contributed by atoms with Crippen LogP contribution >= 0.6 is 0 Å². The molecule has 0 fully saturated rings. The van der Waals surface area contributed by atoms with Crippen molar-refractivity contribution in [2.24, 2.45) is 0 Å². The van der Waals surface area contributed by atoms with Gasteiger partial charge in [-0.25, -0.2) is 0 Å². The number of anilines is 1. The van der Waals surface area contributed by atoms with Crippen molar-refractivity contribution in [1.29, 1.82) is 0 Å². The normalized spacial score (nSPS) is 11.1. The average molecular weight is 207 g/mol. The highest BCUT2D eigenvalue weighted by Crippen LogP contribution is 2.26. The predicted molar refractivity (Wildman–Crippen MR) is 65.2 cm³/mol. The van der Waals surface area contributed by atoms with Crippen molar-refractivity contribution >= 4 is 5.69 Å². The van der Waals surface area contributed by atoms with Gasteiger partial charge in [0.25, 0.3) is 0 Å². The molecule has 0 saturated heterocycles. The molecule has 0 aliphatic heterocycles. The fourth-order valence-corrected chi connectivity index (χ4v) is 1.77. The molecule has 2 heteroatoms. The molecule has 0 aliphatic carbocycles. The smallest absolute Gasteiger partial charge is 0.0704 e. The predicted octanol–water partition coefficient (Wildman–Crippen LogP) is 3.12. The number of aliphatic hydroxyl groups excluding tert-OH is 1. The van der Waals surface area contributed by atoms with Crippen molar-refractivity contribution in [3.63, 3.8) is 0 Å². The molecule has 0 saturated carbocycles. The Labute approximate surface area is 92.3 Å². The summed E-state index contributed by atoms with van der Waals surface area (Å²) in [6, 6.07) is 6.54. The van der Waals surface area contributed by atoms with Gasteiger partial charge in [0.2, 0.25) is 0 Å². The van der Waals surface area contributed by atoms with Crippen LogP contribution in [-0.4, -0.2) is 11.1 Å². The molecule has 1 aromatic rings. The van der Waals surface area contributed by atoms with Crippen LogP contribution in [0.4, 0.5) is 5.69 Å². The van der Waals surface area contributed by atoms with E-state index in [0.717, 1.165) is 11.3 Å². The summed E-state index contributed by atoms with van der Waals surface area (Å²) in [5.74, 6) is 0.445. The average Bonchev–Trinajstić information content (AvgIpc) is 2.16. The fraction of sp³-hybridized carbons (Fsp3) is 0.538. The first-order valence-corrected chi connectivity index (χ1v) is 5.55. The topological polar surface area (TPSA) is 32.3 Å². The minimum Gasteiger partial charge on any atom is -0.392 e. The summed E-state index contributed by atoms with van der Waals surface area (Å²) >= 11 is 0. The summed E-state index contributed by atoms with van der Waals surface area (Å²) in [4.78, 5) is 0. The molecule has 2 N–H and O–H groups in total. The highest BCUT2D eigenvalue weighted by molar-refractivity contribution is 5.55. The maximum atomic E-state index is 9.42. The van der Waals surface area contributed by atoms with Crippen molar-refractivity contribution in [3.8, 4) is 0 Å². The van der Waals surface area contributed by atoms with Crippen LogP contribution < -0.4 is 5.32 Å². The van der Waals surface area contributed by atoms with Gasteiger partial charge in [-0.3, -0.25) is 0 Å². The van der Waals surface area contributed by atoms with Crippen LogP contribution in [0.5, 0.6) is 0 Å². The summed E-state index contributed by atoms with van der Waals surface area (Å²) in [5.41, 5.74) is 3.31. The Morgan fingerprint density at radius 3 is 2.33 bits per heavy atom. The maximum Gasteiger partial charge on any atom is 0.0704 e. The molecule has 1 aromatic carbocycles. The van der Waals surface area contributed by atoms with Gasteiger partial charge in [0.1, 0.15) is 0 Å². The lowest BCUT2D eigenvalue weighted by atomic mass is 9.96. The number of rotatable bonds is 4. The number of aliphatic hydroxyl groups is 1. The first kappa shape index (κ1) is 12.1. The van der Waals surface area contributed by atoms with Crippen molar-refractivity contribution in [2.75, 3.05) is 5.32 Å². The second-order valence-electron chi connectivity index (χ2n) is 4.49.